The van der Waals surface area contributed by atoms with Crippen LogP contribution in [0.25, 0.3) is 0 Å². The van der Waals surface area contributed by atoms with Crippen molar-refractivity contribution in [1.82, 2.24) is 10.2 Å². The van der Waals surface area contributed by atoms with Crippen molar-refractivity contribution in [2.75, 3.05) is 24.5 Å². The maximum Gasteiger partial charge on any atom is 0.318 e. The van der Waals surface area contributed by atoms with Gasteiger partial charge in [-0.25, -0.2) is 4.79 Å². The summed E-state index contributed by atoms with van der Waals surface area (Å²) in [7, 11) is 0. The Bertz CT molecular complexity index is 571. The number of hydrogen-bond donors (Lipinski definition) is 1. The van der Waals surface area contributed by atoms with Gasteiger partial charge in [-0.3, -0.25) is 4.79 Å². The van der Waals surface area contributed by atoms with Crippen LogP contribution in [0.1, 0.15) is 31.4 Å². The Hall–Kier alpha value is -2.04. The van der Waals surface area contributed by atoms with E-state index in [-0.39, 0.29) is 11.9 Å². The molecule has 1 atom stereocenters. The van der Waals surface area contributed by atoms with E-state index < -0.39 is 6.04 Å². The van der Waals surface area contributed by atoms with Crippen molar-refractivity contribution in [3.05, 3.63) is 29.3 Å². The third-order valence-electron chi connectivity index (χ3n) is 4.10. The molecule has 120 valence electrons. The smallest absolute Gasteiger partial charge is 0.318 e. The summed E-state index contributed by atoms with van der Waals surface area (Å²) in [6, 6.07) is 5.52. The predicted molar refractivity (Wildman–Crippen MR) is 88.1 cm³/mol. The van der Waals surface area contributed by atoms with Crippen LogP contribution in [0, 0.1) is 13.8 Å². The number of urea groups is 1. The molecule has 1 heterocycles. The quantitative estimate of drug-likeness (QED) is 0.932. The van der Waals surface area contributed by atoms with Crippen molar-refractivity contribution in [2.45, 2.75) is 40.2 Å². The van der Waals surface area contributed by atoms with Crippen molar-refractivity contribution < 1.29 is 9.59 Å². The van der Waals surface area contributed by atoms with Gasteiger partial charge in [-0.05, 0) is 44.4 Å². The lowest BCUT2D eigenvalue weighted by molar-refractivity contribution is -0.124. The molecular formula is C17H25N3O2. The van der Waals surface area contributed by atoms with E-state index in [0.717, 1.165) is 23.2 Å². The molecule has 0 radical (unpaired) electrons. The summed E-state index contributed by atoms with van der Waals surface area (Å²) >= 11 is 0. The highest BCUT2D eigenvalue weighted by atomic mass is 16.2. The third-order valence-corrected chi connectivity index (χ3v) is 4.10. The molecular weight excluding hydrogens is 278 g/mol. The Morgan fingerprint density at radius 2 is 2.05 bits per heavy atom. The van der Waals surface area contributed by atoms with E-state index in [4.69, 9.17) is 0 Å². The van der Waals surface area contributed by atoms with Gasteiger partial charge in [-0.2, -0.15) is 0 Å². The van der Waals surface area contributed by atoms with Crippen molar-refractivity contribution in [2.24, 2.45) is 0 Å². The topological polar surface area (TPSA) is 52.7 Å². The first kappa shape index (κ1) is 16.3. The second-order valence-electron chi connectivity index (χ2n) is 5.88. The number of benzene rings is 1. The van der Waals surface area contributed by atoms with Gasteiger partial charge < -0.3 is 15.1 Å². The molecule has 5 heteroatoms. The van der Waals surface area contributed by atoms with Gasteiger partial charge in [0, 0.05) is 25.3 Å². The molecule has 0 saturated carbocycles. The molecule has 0 unspecified atom stereocenters. The molecule has 1 aromatic rings. The molecule has 0 spiro atoms. The molecule has 5 nitrogen and oxygen atoms in total. The molecule has 0 bridgehead atoms. The van der Waals surface area contributed by atoms with Crippen LogP contribution in [0.15, 0.2) is 18.2 Å². The van der Waals surface area contributed by atoms with Crippen LogP contribution in [0.3, 0.4) is 0 Å². The van der Waals surface area contributed by atoms with Crippen molar-refractivity contribution in [3.8, 4) is 0 Å². The zero-order valence-corrected chi connectivity index (χ0v) is 13.8. The lowest BCUT2D eigenvalue weighted by Gasteiger charge is -2.39. The number of hydrogen-bond acceptors (Lipinski definition) is 2. The van der Waals surface area contributed by atoms with Gasteiger partial charge in [0.1, 0.15) is 6.04 Å². The number of piperazine rings is 1. The van der Waals surface area contributed by atoms with Crippen LogP contribution in [-0.2, 0) is 4.79 Å². The number of rotatable bonds is 3. The Morgan fingerprint density at radius 3 is 2.73 bits per heavy atom. The Labute approximate surface area is 132 Å². The molecule has 1 fully saturated rings. The van der Waals surface area contributed by atoms with E-state index >= 15 is 0 Å². The van der Waals surface area contributed by atoms with Crippen molar-refractivity contribution in [3.63, 3.8) is 0 Å². The Balaban J connectivity index is 2.15. The molecule has 0 aliphatic carbocycles. The number of amides is 3. The highest BCUT2D eigenvalue weighted by Gasteiger charge is 2.35. The highest BCUT2D eigenvalue weighted by Crippen LogP contribution is 2.25. The summed E-state index contributed by atoms with van der Waals surface area (Å²) < 4.78 is 0. The van der Waals surface area contributed by atoms with Gasteiger partial charge in [0.2, 0.25) is 5.91 Å². The fraction of sp³-hybridized carbons (Fsp3) is 0.529. The molecule has 1 aliphatic rings. The van der Waals surface area contributed by atoms with Crippen molar-refractivity contribution in [1.29, 1.82) is 0 Å². The first-order valence-electron chi connectivity index (χ1n) is 7.88. The van der Waals surface area contributed by atoms with E-state index in [2.05, 4.69) is 5.32 Å². The number of carbonyl (C=O) groups is 2. The predicted octanol–water partition coefficient (Wildman–Crippen LogP) is 2.46. The second-order valence-corrected chi connectivity index (χ2v) is 5.88. The monoisotopic (exact) mass is 303 g/mol. The molecule has 2 rings (SSSR count). The molecule has 22 heavy (non-hydrogen) atoms. The Morgan fingerprint density at radius 1 is 1.32 bits per heavy atom. The van der Waals surface area contributed by atoms with Crippen LogP contribution >= 0.6 is 0 Å². The average molecular weight is 303 g/mol. The third kappa shape index (κ3) is 3.24. The van der Waals surface area contributed by atoms with Gasteiger partial charge in [-0.15, -0.1) is 0 Å². The zero-order chi connectivity index (χ0) is 16.3. The summed E-state index contributed by atoms with van der Waals surface area (Å²) in [5.74, 6) is -0.0217. The summed E-state index contributed by atoms with van der Waals surface area (Å²) in [6.45, 7) is 9.55. The first-order valence-corrected chi connectivity index (χ1v) is 7.88. The van der Waals surface area contributed by atoms with Crippen LogP contribution in [-0.4, -0.2) is 42.5 Å². The number of anilines is 1. The van der Waals surface area contributed by atoms with Gasteiger partial charge >= 0.3 is 6.03 Å². The Kier molecular flexibility index (Phi) is 5.06. The van der Waals surface area contributed by atoms with Gasteiger partial charge in [0.15, 0.2) is 0 Å². The summed E-state index contributed by atoms with van der Waals surface area (Å²) in [4.78, 5) is 28.2. The number of nitrogens with one attached hydrogen (secondary N) is 1. The molecule has 1 aliphatic heterocycles. The summed E-state index contributed by atoms with van der Waals surface area (Å²) in [5, 5.41) is 2.84. The number of nitrogens with zero attached hydrogens (tertiary/aromatic N) is 2. The lowest BCUT2D eigenvalue weighted by atomic mass is 10.1. The minimum absolute atomic E-state index is 0.0217. The normalized spacial score (nSPS) is 18.5. The molecule has 1 saturated heterocycles. The highest BCUT2D eigenvalue weighted by molar-refractivity contribution is 6.00. The fourth-order valence-electron chi connectivity index (χ4n) is 2.73. The van der Waals surface area contributed by atoms with Crippen LogP contribution in [0.2, 0.25) is 0 Å². The van der Waals surface area contributed by atoms with Gasteiger partial charge in [0.05, 0.1) is 0 Å². The summed E-state index contributed by atoms with van der Waals surface area (Å²) in [6.07, 6.45) is 0.885. The standard InChI is InChI=1S/C17H25N3O2/c1-5-8-18-17(22)19-9-10-20(16(21)14(19)4)15-11-12(2)6-7-13(15)3/h6-7,11,14H,5,8-10H2,1-4H3,(H,18,22)/t14-/m1/s1. The second kappa shape index (κ2) is 6.81. The summed E-state index contributed by atoms with van der Waals surface area (Å²) in [5.41, 5.74) is 3.16. The fourth-order valence-corrected chi connectivity index (χ4v) is 2.73. The van der Waals surface area contributed by atoms with Crippen LogP contribution in [0.4, 0.5) is 10.5 Å². The van der Waals surface area contributed by atoms with E-state index in [1.807, 2.05) is 39.0 Å². The van der Waals surface area contributed by atoms with Crippen LogP contribution < -0.4 is 10.2 Å². The molecule has 0 aromatic heterocycles. The maximum absolute atomic E-state index is 12.7. The van der Waals surface area contributed by atoms with Crippen molar-refractivity contribution >= 4 is 17.6 Å². The zero-order valence-electron chi connectivity index (χ0n) is 13.8. The van der Waals surface area contributed by atoms with E-state index in [1.165, 1.54) is 0 Å². The van der Waals surface area contributed by atoms with Crippen LogP contribution in [0.5, 0.6) is 0 Å². The largest absolute Gasteiger partial charge is 0.338 e. The average Bonchev–Trinajstić information content (AvgIpc) is 2.50. The van der Waals surface area contributed by atoms with Gasteiger partial charge in [0.25, 0.3) is 0 Å². The first-order chi connectivity index (χ1) is 10.5. The minimum Gasteiger partial charge on any atom is -0.338 e. The van der Waals surface area contributed by atoms with Gasteiger partial charge in [-0.1, -0.05) is 19.1 Å². The lowest BCUT2D eigenvalue weighted by Crippen LogP contribution is -2.60. The van der Waals surface area contributed by atoms with E-state index in [0.29, 0.717) is 19.6 Å². The number of carbonyl (C=O) groups excluding carboxylic acids is 2. The molecule has 1 N–H and O–H groups in total. The minimum atomic E-state index is -0.439. The maximum atomic E-state index is 12.7. The molecule has 1 aromatic carbocycles. The van der Waals surface area contributed by atoms with E-state index in [9.17, 15) is 9.59 Å². The SMILES string of the molecule is CCCNC(=O)N1CCN(c2cc(C)ccc2C)C(=O)[C@H]1C. The molecule has 3 amide bonds. The number of aryl methyl sites for hydroxylation is 2. The van der Waals surface area contributed by atoms with E-state index in [1.54, 1.807) is 16.7 Å².